The van der Waals surface area contributed by atoms with Gasteiger partial charge < -0.3 is 9.80 Å². The van der Waals surface area contributed by atoms with Crippen molar-refractivity contribution in [3.63, 3.8) is 0 Å². The molecule has 0 unspecified atom stereocenters. The van der Waals surface area contributed by atoms with Gasteiger partial charge in [0.15, 0.2) is 0 Å². The predicted octanol–water partition coefficient (Wildman–Crippen LogP) is 5.24. The van der Waals surface area contributed by atoms with Gasteiger partial charge in [-0.05, 0) is 61.4 Å². The van der Waals surface area contributed by atoms with Crippen LogP contribution in [0.4, 0.5) is 13.2 Å². The van der Waals surface area contributed by atoms with E-state index in [-0.39, 0.29) is 17.7 Å². The first kappa shape index (κ1) is 22.4. The van der Waals surface area contributed by atoms with Crippen molar-refractivity contribution in [2.45, 2.75) is 38.3 Å². The van der Waals surface area contributed by atoms with E-state index >= 15 is 0 Å². The zero-order valence-corrected chi connectivity index (χ0v) is 17.9. The largest absolute Gasteiger partial charge is 0.416 e. The number of piperidine rings is 2. The predicted molar refractivity (Wildman–Crippen MR) is 116 cm³/mol. The number of carbonyl (C=O) groups is 2. The van der Waals surface area contributed by atoms with Gasteiger partial charge in [-0.15, -0.1) is 0 Å². The fourth-order valence-electron chi connectivity index (χ4n) is 4.63. The van der Waals surface area contributed by atoms with Gasteiger partial charge in [0.2, 0.25) is 5.91 Å². The Morgan fingerprint density at radius 2 is 1.41 bits per heavy atom. The highest BCUT2D eigenvalue weighted by molar-refractivity contribution is 6.01. The Bertz CT molecular complexity index is 958. The summed E-state index contributed by atoms with van der Waals surface area (Å²) in [5.41, 5.74) is 0.924. The molecule has 2 heterocycles. The van der Waals surface area contributed by atoms with Gasteiger partial charge in [-0.1, -0.05) is 30.3 Å². The summed E-state index contributed by atoms with van der Waals surface area (Å²) in [5.74, 6) is 0.0219. The van der Waals surface area contributed by atoms with Crippen LogP contribution in [0.15, 0.2) is 48.5 Å². The van der Waals surface area contributed by atoms with E-state index < -0.39 is 11.7 Å². The normalized spacial score (nSPS) is 18.0. The molecule has 0 aliphatic carbocycles. The molecule has 2 aromatic rings. The summed E-state index contributed by atoms with van der Waals surface area (Å²) in [6, 6.07) is 11.9. The molecule has 2 amide bonds. The third-order valence-corrected chi connectivity index (χ3v) is 6.48. The standard InChI is InChI=1S/C25H27F3N2O2/c26-25(27,28)20-10-8-18(9-11-20)21-6-2-3-7-22(21)24(32)30-16-12-19(13-17-30)23(31)29-14-4-1-5-15-29/h2-3,6-11,19H,1,4-5,12-17H2. The Labute approximate surface area is 186 Å². The van der Waals surface area contributed by atoms with Crippen molar-refractivity contribution in [3.05, 3.63) is 59.7 Å². The van der Waals surface area contributed by atoms with Crippen molar-refractivity contribution in [2.75, 3.05) is 26.2 Å². The van der Waals surface area contributed by atoms with Crippen LogP contribution in [0.2, 0.25) is 0 Å². The minimum absolute atomic E-state index is 0.0395. The summed E-state index contributed by atoms with van der Waals surface area (Å²) < 4.78 is 38.7. The Hall–Kier alpha value is -2.83. The first-order valence-corrected chi connectivity index (χ1v) is 11.2. The van der Waals surface area contributed by atoms with Crippen molar-refractivity contribution in [1.82, 2.24) is 9.80 Å². The van der Waals surface area contributed by atoms with Crippen LogP contribution in [-0.4, -0.2) is 47.8 Å². The summed E-state index contributed by atoms with van der Waals surface area (Å²) in [7, 11) is 0. The molecule has 2 aliphatic heterocycles. The average Bonchev–Trinajstić information content (AvgIpc) is 2.83. The molecule has 7 heteroatoms. The molecule has 2 aliphatic rings. The molecule has 0 atom stereocenters. The minimum Gasteiger partial charge on any atom is -0.342 e. The third-order valence-electron chi connectivity index (χ3n) is 6.48. The molecule has 2 aromatic carbocycles. The SMILES string of the molecule is O=C(c1ccccc1-c1ccc(C(F)(F)F)cc1)N1CCC(C(=O)N2CCCCC2)CC1. The highest BCUT2D eigenvalue weighted by Gasteiger charge is 2.32. The van der Waals surface area contributed by atoms with E-state index in [2.05, 4.69) is 0 Å². The van der Waals surface area contributed by atoms with Crippen LogP contribution in [-0.2, 0) is 11.0 Å². The first-order chi connectivity index (χ1) is 15.3. The van der Waals surface area contributed by atoms with Crippen LogP contribution >= 0.6 is 0 Å². The van der Waals surface area contributed by atoms with Crippen LogP contribution in [0.5, 0.6) is 0 Å². The number of rotatable bonds is 3. The van der Waals surface area contributed by atoms with Gasteiger partial charge in [-0.2, -0.15) is 13.2 Å². The highest BCUT2D eigenvalue weighted by Crippen LogP contribution is 2.32. The Morgan fingerprint density at radius 1 is 0.781 bits per heavy atom. The number of benzene rings is 2. The van der Waals surface area contributed by atoms with Crippen LogP contribution in [0.3, 0.4) is 0 Å². The average molecular weight is 444 g/mol. The highest BCUT2D eigenvalue weighted by atomic mass is 19.4. The number of hydrogen-bond donors (Lipinski definition) is 0. The van der Waals surface area contributed by atoms with E-state index in [1.807, 2.05) is 4.90 Å². The molecular weight excluding hydrogens is 417 g/mol. The number of likely N-dealkylation sites (tertiary alicyclic amines) is 2. The van der Waals surface area contributed by atoms with E-state index in [4.69, 9.17) is 0 Å². The zero-order chi connectivity index (χ0) is 22.7. The molecule has 0 bridgehead atoms. The van der Waals surface area contributed by atoms with Crippen molar-refractivity contribution >= 4 is 11.8 Å². The van der Waals surface area contributed by atoms with Gasteiger partial charge in [-0.3, -0.25) is 9.59 Å². The lowest BCUT2D eigenvalue weighted by Gasteiger charge is -2.35. The second-order valence-electron chi connectivity index (χ2n) is 8.57. The second kappa shape index (κ2) is 9.35. The number of alkyl halides is 3. The number of hydrogen-bond acceptors (Lipinski definition) is 2. The maximum Gasteiger partial charge on any atom is 0.416 e. The van der Waals surface area contributed by atoms with Crippen molar-refractivity contribution in [1.29, 1.82) is 0 Å². The van der Waals surface area contributed by atoms with Gasteiger partial charge in [0, 0.05) is 37.7 Å². The molecule has 0 radical (unpaired) electrons. The molecule has 170 valence electrons. The number of amides is 2. The molecule has 0 N–H and O–H groups in total. The zero-order valence-electron chi connectivity index (χ0n) is 17.9. The van der Waals surface area contributed by atoms with Gasteiger partial charge in [0.25, 0.3) is 5.91 Å². The van der Waals surface area contributed by atoms with E-state index in [1.165, 1.54) is 18.6 Å². The Morgan fingerprint density at radius 3 is 2.03 bits per heavy atom. The molecule has 0 spiro atoms. The minimum atomic E-state index is -4.40. The monoisotopic (exact) mass is 444 g/mol. The quantitative estimate of drug-likeness (QED) is 0.650. The molecule has 2 fully saturated rings. The molecule has 4 rings (SSSR count). The van der Waals surface area contributed by atoms with Crippen LogP contribution < -0.4 is 0 Å². The number of carbonyl (C=O) groups excluding carboxylic acids is 2. The Kier molecular flexibility index (Phi) is 6.53. The van der Waals surface area contributed by atoms with Crippen LogP contribution in [0.1, 0.15) is 48.0 Å². The first-order valence-electron chi connectivity index (χ1n) is 11.2. The summed E-state index contributed by atoms with van der Waals surface area (Å²) in [6.07, 6.45) is 0.180. The molecule has 0 aromatic heterocycles. The molecule has 32 heavy (non-hydrogen) atoms. The summed E-state index contributed by atoms with van der Waals surface area (Å²) in [4.78, 5) is 29.7. The Balaban J connectivity index is 1.45. The van der Waals surface area contributed by atoms with Crippen molar-refractivity contribution in [3.8, 4) is 11.1 Å². The lowest BCUT2D eigenvalue weighted by Crippen LogP contribution is -2.45. The summed E-state index contributed by atoms with van der Waals surface area (Å²) in [6.45, 7) is 2.67. The topological polar surface area (TPSA) is 40.6 Å². The van der Waals surface area contributed by atoms with Gasteiger partial charge in [-0.25, -0.2) is 0 Å². The van der Waals surface area contributed by atoms with Gasteiger partial charge in [0.05, 0.1) is 5.56 Å². The van der Waals surface area contributed by atoms with E-state index in [9.17, 15) is 22.8 Å². The summed E-state index contributed by atoms with van der Waals surface area (Å²) in [5, 5.41) is 0. The lowest BCUT2D eigenvalue weighted by atomic mass is 9.93. The number of halogens is 3. The van der Waals surface area contributed by atoms with E-state index in [0.717, 1.165) is 38.1 Å². The van der Waals surface area contributed by atoms with E-state index in [0.29, 0.717) is 42.6 Å². The van der Waals surface area contributed by atoms with Gasteiger partial charge >= 0.3 is 6.18 Å². The molecule has 0 saturated carbocycles. The fourth-order valence-corrected chi connectivity index (χ4v) is 4.63. The van der Waals surface area contributed by atoms with Crippen molar-refractivity contribution in [2.24, 2.45) is 5.92 Å². The van der Waals surface area contributed by atoms with Crippen LogP contribution in [0, 0.1) is 5.92 Å². The maximum absolute atomic E-state index is 13.2. The molecule has 2 saturated heterocycles. The van der Waals surface area contributed by atoms with E-state index in [1.54, 1.807) is 29.2 Å². The number of nitrogens with zero attached hydrogens (tertiary/aromatic N) is 2. The second-order valence-corrected chi connectivity index (χ2v) is 8.57. The molecular formula is C25H27F3N2O2. The summed E-state index contributed by atoms with van der Waals surface area (Å²) >= 11 is 0. The van der Waals surface area contributed by atoms with Crippen molar-refractivity contribution < 1.29 is 22.8 Å². The van der Waals surface area contributed by atoms with Crippen LogP contribution in [0.25, 0.3) is 11.1 Å². The smallest absolute Gasteiger partial charge is 0.342 e. The lowest BCUT2D eigenvalue weighted by molar-refractivity contribution is -0.138. The third kappa shape index (κ3) is 4.81. The maximum atomic E-state index is 13.2. The van der Waals surface area contributed by atoms with Gasteiger partial charge in [0.1, 0.15) is 0 Å². The fraction of sp³-hybridized carbons (Fsp3) is 0.440. The molecule has 4 nitrogen and oxygen atoms in total.